The number of carboxylic acids is 1. The van der Waals surface area contributed by atoms with E-state index in [2.05, 4.69) is 43.9 Å². The van der Waals surface area contributed by atoms with Crippen LogP contribution >= 0.6 is 12.6 Å². The van der Waals surface area contributed by atoms with E-state index in [1.807, 2.05) is 0 Å². The van der Waals surface area contributed by atoms with Gasteiger partial charge in [0.05, 0.1) is 18.9 Å². The average Bonchev–Trinajstić information content (AvgIpc) is 3.37. The Kier molecular flexibility index (Phi) is 8.26. The van der Waals surface area contributed by atoms with Crippen molar-refractivity contribution < 1.29 is 24.3 Å². The van der Waals surface area contributed by atoms with E-state index >= 15 is 0 Å². The van der Waals surface area contributed by atoms with Crippen LogP contribution in [0, 0.1) is 0 Å². The molecule has 1 aromatic rings. The zero-order valence-electron chi connectivity index (χ0n) is 15.1. The lowest BCUT2D eigenvalue weighted by molar-refractivity contribution is -0.141. The van der Waals surface area contributed by atoms with Gasteiger partial charge in [0.15, 0.2) is 0 Å². The first kappa shape index (κ1) is 21.7. The summed E-state index contributed by atoms with van der Waals surface area (Å²) in [5, 5.41) is 19.5. The summed E-state index contributed by atoms with van der Waals surface area (Å²) in [5.41, 5.74) is 0.581. The molecule has 3 amide bonds. The summed E-state index contributed by atoms with van der Waals surface area (Å²) in [6, 6.07) is -2.55. The van der Waals surface area contributed by atoms with E-state index in [0.717, 1.165) is 13.0 Å². The second-order valence-electron chi connectivity index (χ2n) is 6.35. The van der Waals surface area contributed by atoms with Crippen LogP contribution in [0.1, 0.15) is 18.5 Å². The molecule has 1 saturated heterocycles. The molecule has 12 heteroatoms. The van der Waals surface area contributed by atoms with Crippen molar-refractivity contribution in [2.45, 2.75) is 37.4 Å². The first-order valence-electron chi connectivity index (χ1n) is 8.82. The summed E-state index contributed by atoms with van der Waals surface area (Å²) < 4.78 is 0. The van der Waals surface area contributed by atoms with Crippen LogP contribution in [0.2, 0.25) is 0 Å². The molecule has 3 unspecified atom stereocenters. The molecular formula is C16H24N6O5S. The van der Waals surface area contributed by atoms with Crippen molar-refractivity contribution in [3.63, 3.8) is 0 Å². The number of amides is 3. The summed E-state index contributed by atoms with van der Waals surface area (Å²) >= 11 is 3.90. The highest BCUT2D eigenvalue weighted by molar-refractivity contribution is 7.80. The van der Waals surface area contributed by atoms with Crippen molar-refractivity contribution in [2.75, 3.05) is 18.8 Å². The van der Waals surface area contributed by atoms with Gasteiger partial charge in [-0.05, 0) is 19.4 Å². The van der Waals surface area contributed by atoms with E-state index < -0.39 is 29.9 Å². The van der Waals surface area contributed by atoms with Crippen molar-refractivity contribution in [3.05, 3.63) is 18.2 Å². The smallest absolute Gasteiger partial charge is 0.327 e. The lowest BCUT2D eigenvalue weighted by atomic mass is 10.1. The first-order chi connectivity index (χ1) is 13.4. The van der Waals surface area contributed by atoms with Crippen LogP contribution in [-0.2, 0) is 25.6 Å². The number of H-pyrrole nitrogens is 1. The van der Waals surface area contributed by atoms with Crippen LogP contribution in [0.4, 0.5) is 0 Å². The Morgan fingerprint density at radius 3 is 2.64 bits per heavy atom. The fourth-order valence-electron chi connectivity index (χ4n) is 2.73. The van der Waals surface area contributed by atoms with Gasteiger partial charge in [-0.25, -0.2) is 9.78 Å². The molecule has 0 radical (unpaired) electrons. The molecule has 0 bridgehead atoms. The Balaban J connectivity index is 1.93. The lowest BCUT2D eigenvalue weighted by Gasteiger charge is -2.20. The number of aromatic amines is 1. The van der Waals surface area contributed by atoms with Crippen molar-refractivity contribution in [1.82, 2.24) is 31.2 Å². The number of nitrogens with one attached hydrogen (secondary N) is 5. The standard InChI is InChI=1S/C16H24N6O5S/c23-13(6-19-14(24)10-2-1-3-18-10)21-11(4-9-5-17-8-20-9)15(25)22-12(7-28)16(26)27/h5,8,10-12,18,28H,1-4,6-7H2,(H,17,20)(H,19,24)(H,21,23)(H,22,25)(H,26,27). The van der Waals surface area contributed by atoms with Crippen molar-refractivity contribution in [1.29, 1.82) is 0 Å². The summed E-state index contributed by atoms with van der Waals surface area (Å²) in [6.45, 7) is 0.464. The van der Waals surface area contributed by atoms with E-state index in [-0.39, 0.29) is 30.7 Å². The van der Waals surface area contributed by atoms with Crippen molar-refractivity contribution in [2.24, 2.45) is 0 Å². The van der Waals surface area contributed by atoms with Gasteiger partial charge in [-0.1, -0.05) is 0 Å². The van der Waals surface area contributed by atoms with E-state index in [9.17, 15) is 19.2 Å². The fraction of sp³-hybridized carbons (Fsp3) is 0.562. The van der Waals surface area contributed by atoms with Gasteiger partial charge in [0.2, 0.25) is 17.7 Å². The SMILES string of the molecule is O=C(CNC(=O)C1CCCN1)NC(Cc1cnc[nH]1)C(=O)NC(CS)C(=O)O. The Morgan fingerprint density at radius 1 is 1.29 bits per heavy atom. The molecule has 0 saturated carbocycles. The highest BCUT2D eigenvalue weighted by Gasteiger charge is 2.27. The van der Waals surface area contributed by atoms with E-state index in [1.165, 1.54) is 12.5 Å². The second kappa shape index (κ2) is 10.7. The monoisotopic (exact) mass is 412 g/mol. The predicted octanol–water partition coefficient (Wildman–Crippen LogP) is -2.20. The van der Waals surface area contributed by atoms with Crippen LogP contribution in [0.3, 0.4) is 0 Å². The summed E-state index contributed by atoms with van der Waals surface area (Å²) in [6.07, 6.45) is 4.60. The number of thiol groups is 1. The number of carbonyl (C=O) groups is 4. The minimum atomic E-state index is -1.23. The quantitative estimate of drug-likeness (QED) is 0.214. The maximum atomic E-state index is 12.5. The number of carboxylic acid groups (broad SMARTS) is 1. The molecule has 2 rings (SSSR count). The minimum Gasteiger partial charge on any atom is -0.480 e. The van der Waals surface area contributed by atoms with Gasteiger partial charge in [0.25, 0.3) is 0 Å². The molecule has 0 spiro atoms. The molecular weight excluding hydrogens is 388 g/mol. The fourth-order valence-corrected chi connectivity index (χ4v) is 2.98. The van der Waals surface area contributed by atoms with Crippen LogP contribution < -0.4 is 21.3 Å². The number of aromatic nitrogens is 2. The predicted molar refractivity (Wildman–Crippen MR) is 102 cm³/mol. The molecule has 11 nitrogen and oxygen atoms in total. The van der Waals surface area contributed by atoms with Gasteiger partial charge >= 0.3 is 5.97 Å². The normalized spacial score (nSPS) is 18.1. The average molecular weight is 412 g/mol. The number of carbonyl (C=O) groups excluding carboxylic acids is 3. The van der Waals surface area contributed by atoms with Gasteiger partial charge in [-0.3, -0.25) is 14.4 Å². The molecule has 1 aromatic heterocycles. The Labute approximate surface area is 166 Å². The summed E-state index contributed by atoms with van der Waals surface area (Å²) in [5.74, 6) is -2.84. The number of nitrogens with zero attached hydrogens (tertiary/aromatic N) is 1. The number of rotatable bonds is 10. The van der Waals surface area contributed by atoms with Crippen LogP contribution in [0.5, 0.6) is 0 Å². The topological polar surface area (TPSA) is 165 Å². The summed E-state index contributed by atoms with van der Waals surface area (Å²) in [4.78, 5) is 54.4. The van der Waals surface area contributed by atoms with Crippen LogP contribution in [-0.4, -0.2) is 75.7 Å². The number of hydrogen-bond donors (Lipinski definition) is 7. The molecule has 154 valence electrons. The highest BCUT2D eigenvalue weighted by Crippen LogP contribution is 2.04. The van der Waals surface area contributed by atoms with Gasteiger partial charge in [-0.15, -0.1) is 0 Å². The van der Waals surface area contributed by atoms with Gasteiger partial charge in [-0.2, -0.15) is 12.6 Å². The second-order valence-corrected chi connectivity index (χ2v) is 6.71. The largest absolute Gasteiger partial charge is 0.480 e. The molecule has 1 aliphatic rings. The van der Waals surface area contributed by atoms with Crippen molar-refractivity contribution >= 4 is 36.3 Å². The number of imidazole rings is 1. The zero-order chi connectivity index (χ0) is 20.5. The van der Waals surface area contributed by atoms with Gasteiger partial charge in [0, 0.05) is 24.1 Å². The molecule has 2 heterocycles. The maximum absolute atomic E-state index is 12.5. The highest BCUT2D eigenvalue weighted by atomic mass is 32.1. The first-order valence-corrected chi connectivity index (χ1v) is 9.45. The third-order valence-electron chi connectivity index (χ3n) is 4.23. The molecule has 0 aliphatic carbocycles. The van der Waals surface area contributed by atoms with Crippen LogP contribution in [0.25, 0.3) is 0 Å². The number of hydrogen-bond acceptors (Lipinski definition) is 7. The Bertz CT molecular complexity index is 692. The van der Waals surface area contributed by atoms with Gasteiger partial charge < -0.3 is 31.4 Å². The van der Waals surface area contributed by atoms with Gasteiger partial charge in [0.1, 0.15) is 12.1 Å². The molecule has 3 atom stereocenters. The Hall–Kier alpha value is -2.60. The molecule has 0 aromatic carbocycles. The minimum absolute atomic E-state index is 0.0780. The third-order valence-corrected chi connectivity index (χ3v) is 4.59. The van der Waals surface area contributed by atoms with Crippen molar-refractivity contribution in [3.8, 4) is 0 Å². The summed E-state index contributed by atoms with van der Waals surface area (Å²) in [7, 11) is 0. The molecule has 1 aliphatic heterocycles. The molecule has 1 fully saturated rings. The molecule has 6 N–H and O–H groups in total. The van der Waals surface area contributed by atoms with E-state index in [1.54, 1.807) is 0 Å². The Morgan fingerprint density at radius 2 is 2.07 bits per heavy atom. The van der Waals surface area contributed by atoms with E-state index in [4.69, 9.17) is 5.11 Å². The van der Waals surface area contributed by atoms with Crippen LogP contribution in [0.15, 0.2) is 12.5 Å². The maximum Gasteiger partial charge on any atom is 0.327 e. The molecule has 28 heavy (non-hydrogen) atoms. The lowest BCUT2D eigenvalue weighted by Crippen LogP contribution is -2.54. The van der Waals surface area contributed by atoms with E-state index in [0.29, 0.717) is 12.1 Å². The number of aliphatic carboxylic acids is 1. The third kappa shape index (κ3) is 6.53. The zero-order valence-corrected chi connectivity index (χ0v) is 16.0.